The molecular weight excluding hydrogens is 270 g/mol. The average molecular weight is 293 g/mol. The van der Waals surface area contributed by atoms with Crippen LogP contribution in [0.15, 0.2) is 24.3 Å². The Morgan fingerprint density at radius 3 is 2.75 bits per heavy atom. The Morgan fingerprint density at radius 1 is 1.30 bits per heavy atom. The molecule has 2 fully saturated rings. The van der Waals surface area contributed by atoms with Gasteiger partial charge in [0.25, 0.3) is 0 Å². The summed E-state index contributed by atoms with van der Waals surface area (Å²) < 4.78 is 23.5. The first kappa shape index (κ1) is 14.1. The Bertz CT molecular complexity index is 576. The summed E-state index contributed by atoms with van der Waals surface area (Å²) in [5, 5.41) is 3.31. The molecule has 1 aromatic rings. The molecule has 3 rings (SSSR count). The highest BCUT2D eigenvalue weighted by atomic mass is 32.2. The maximum Gasteiger partial charge on any atom is 0.154 e. The van der Waals surface area contributed by atoms with E-state index < -0.39 is 9.84 Å². The van der Waals surface area contributed by atoms with Crippen LogP contribution in [0.1, 0.15) is 42.7 Å². The van der Waals surface area contributed by atoms with Gasteiger partial charge in [-0.2, -0.15) is 0 Å². The van der Waals surface area contributed by atoms with E-state index in [9.17, 15) is 8.42 Å². The summed E-state index contributed by atoms with van der Waals surface area (Å²) in [6, 6.07) is 9.22. The third-order valence-electron chi connectivity index (χ3n) is 4.75. The second-order valence-corrected chi connectivity index (χ2v) is 8.72. The van der Waals surface area contributed by atoms with E-state index in [-0.39, 0.29) is 5.25 Å². The van der Waals surface area contributed by atoms with Crippen LogP contribution in [0.25, 0.3) is 0 Å². The number of hydrogen-bond acceptors (Lipinski definition) is 3. The normalized spacial score (nSPS) is 31.9. The molecule has 1 saturated heterocycles. The van der Waals surface area contributed by atoms with Crippen molar-refractivity contribution in [1.82, 2.24) is 5.32 Å². The minimum atomic E-state index is -2.80. The standard InChI is InChI=1S/C16H23NO2S/c1-12-4-2-5-13(8-12)14-9-15(10-14)17-11-16-6-3-7-20(16,18)19/h2,4-5,8,14-17H,3,6-7,9-11H2,1H3. The van der Waals surface area contributed by atoms with Crippen LogP contribution in [0.5, 0.6) is 0 Å². The molecule has 4 heteroatoms. The fraction of sp³-hybridized carbons (Fsp3) is 0.625. The van der Waals surface area contributed by atoms with Gasteiger partial charge in [0, 0.05) is 12.6 Å². The number of nitrogens with one attached hydrogen (secondary N) is 1. The van der Waals surface area contributed by atoms with Gasteiger partial charge in [0.2, 0.25) is 0 Å². The SMILES string of the molecule is Cc1cccc(C2CC(NCC3CCCS3(=O)=O)C2)c1. The van der Waals surface area contributed by atoms with Gasteiger partial charge in [0.05, 0.1) is 11.0 Å². The van der Waals surface area contributed by atoms with E-state index >= 15 is 0 Å². The lowest BCUT2D eigenvalue weighted by Gasteiger charge is -2.37. The molecule has 0 aromatic heterocycles. The lowest BCUT2D eigenvalue weighted by atomic mass is 9.75. The molecule has 110 valence electrons. The third kappa shape index (κ3) is 2.91. The topological polar surface area (TPSA) is 46.2 Å². The highest BCUT2D eigenvalue weighted by Crippen LogP contribution is 2.37. The molecule has 3 nitrogen and oxygen atoms in total. The highest BCUT2D eigenvalue weighted by Gasteiger charge is 2.34. The average Bonchev–Trinajstić information content (AvgIpc) is 2.67. The van der Waals surface area contributed by atoms with Crippen LogP contribution >= 0.6 is 0 Å². The van der Waals surface area contributed by atoms with E-state index in [2.05, 4.69) is 36.5 Å². The van der Waals surface area contributed by atoms with Gasteiger partial charge in [-0.15, -0.1) is 0 Å². The van der Waals surface area contributed by atoms with Gasteiger partial charge in [-0.05, 0) is 44.1 Å². The van der Waals surface area contributed by atoms with Crippen molar-refractivity contribution in [3.8, 4) is 0 Å². The first-order valence-electron chi connectivity index (χ1n) is 7.56. The summed E-state index contributed by atoms with van der Waals surface area (Å²) in [5.41, 5.74) is 2.74. The Morgan fingerprint density at radius 2 is 2.10 bits per heavy atom. The predicted octanol–water partition coefficient (Wildman–Crippen LogP) is 2.41. The third-order valence-corrected chi connectivity index (χ3v) is 7.02. The molecule has 1 aliphatic heterocycles. The summed E-state index contributed by atoms with van der Waals surface area (Å²) >= 11 is 0. The van der Waals surface area contributed by atoms with Crippen LogP contribution in [0.3, 0.4) is 0 Å². The van der Waals surface area contributed by atoms with E-state index in [1.165, 1.54) is 11.1 Å². The first-order chi connectivity index (χ1) is 9.54. The number of rotatable bonds is 4. The molecule has 1 N–H and O–H groups in total. The lowest BCUT2D eigenvalue weighted by Crippen LogP contribution is -2.44. The first-order valence-corrected chi connectivity index (χ1v) is 9.27. The Labute approximate surface area is 121 Å². The van der Waals surface area contributed by atoms with E-state index in [0.29, 0.717) is 24.3 Å². The minimum Gasteiger partial charge on any atom is -0.313 e. The minimum absolute atomic E-state index is 0.138. The molecule has 0 bridgehead atoms. The summed E-state index contributed by atoms with van der Waals surface area (Å²) in [7, 11) is -2.80. The van der Waals surface area contributed by atoms with Crippen molar-refractivity contribution in [2.24, 2.45) is 0 Å². The van der Waals surface area contributed by atoms with Crippen molar-refractivity contribution in [2.45, 2.75) is 49.8 Å². The van der Waals surface area contributed by atoms with Gasteiger partial charge in [0.1, 0.15) is 0 Å². The fourth-order valence-corrected chi connectivity index (χ4v) is 5.14. The second kappa shape index (κ2) is 5.49. The molecule has 1 saturated carbocycles. The Hall–Kier alpha value is -0.870. The molecule has 1 aromatic carbocycles. The molecule has 2 aliphatic rings. The molecule has 1 atom stereocenters. The van der Waals surface area contributed by atoms with Crippen LogP contribution in [0.2, 0.25) is 0 Å². The van der Waals surface area contributed by atoms with Crippen LogP contribution < -0.4 is 5.32 Å². The van der Waals surface area contributed by atoms with Crippen LogP contribution in [-0.2, 0) is 9.84 Å². The summed E-state index contributed by atoms with van der Waals surface area (Å²) in [6.45, 7) is 2.77. The molecule has 0 radical (unpaired) electrons. The molecule has 1 aliphatic carbocycles. The van der Waals surface area contributed by atoms with E-state index in [1.807, 2.05) is 0 Å². The van der Waals surface area contributed by atoms with Crippen molar-refractivity contribution in [3.05, 3.63) is 35.4 Å². The zero-order chi connectivity index (χ0) is 14.2. The monoisotopic (exact) mass is 293 g/mol. The van der Waals surface area contributed by atoms with E-state index in [4.69, 9.17) is 0 Å². The van der Waals surface area contributed by atoms with Gasteiger partial charge in [-0.3, -0.25) is 0 Å². The number of benzene rings is 1. The van der Waals surface area contributed by atoms with Crippen LogP contribution in [0, 0.1) is 6.92 Å². The summed E-state index contributed by atoms with van der Waals surface area (Å²) in [4.78, 5) is 0. The second-order valence-electron chi connectivity index (χ2n) is 6.32. The van der Waals surface area contributed by atoms with Gasteiger partial charge < -0.3 is 5.32 Å². The number of aryl methyl sites for hydroxylation is 1. The van der Waals surface area contributed by atoms with Gasteiger partial charge in [-0.1, -0.05) is 29.8 Å². The summed E-state index contributed by atoms with van der Waals surface area (Å²) in [5.74, 6) is 1.03. The quantitative estimate of drug-likeness (QED) is 0.927. The van der Waals surface area contributed by atoms with Crippen molar-refractivity contribution in [1.29, 1.82) is 0 Å². The highest BCUT2D eigenvalue weighted by molar-refractivity contribution is 7.92. The molecule has 0 spiro atoms. The largest absolute Gasteiger partial charge is 0.313 e. The van der Waals surface area contributed by atoms with Gasteiger partial charge in [-0.25, -0.2) is 8.42 Å². The van der Waals surface area contributed by atoms with Crippen molar-refractivity contribution in [3.63, 3.8) is 0 Å². The molecular formula is C16H23NO2S. The van der Waals surface area contributed by atoms with Gasteiger partial charge >= 0.3 is 0 Å². The smallest absolute Gasteiger partial charge is 0.154 e. The van der Waals surface area contributed by atoms with Crippen molar-refractivity contribution >= 4 is 9.84 Å². The van der Waals surface area contributed by atoms with E-state index in [1.54, 1.807) is 0 Å². The zero-order valence-electron chi connectivity index (χ0n) is 12.0. The zero-order valence-corrected chi connectivity index (χ0v) is 12.8. The maximum absolute atomic E-state index is 11.8. The fourth-order valence-electron chi connectivity index (χ4n) is 3.37. The van der Waals surface area contributed by atoms with Crippen molar-refractivity contribution in [2.75, 3.05) is 12.3 Å². The lowest BCUT2D eigenvalue weighted by molar-refractivity contribution is 0.291. The van der Waals surface area contributed by atoms with Crippen molar-refractivity contribution < 1.29 is 8.42 Å². The molecule has 20 heavy (non-hydrogen) atoms. The van der Waals surface area contributed by atoms with Crippen LogP contribution in [0.4, 0.5) is 0 Å². The molecule has 0 amide bonds. The van der Waals surface area contributed by atoms with E-state index in [0.717, 1.165) is 25.7 Å². The predicted molar refractivity (Wildman–Crippen MR) is 81.8 cm³/mol. The molecule has 1 unspecified atom stereocenters. The van der Waals surface area contributed by atoms with Gasteiger partial charge in [0.15, 0.2) is 9.84 Å². The number of sulfone groups is 1. The number of hydrogen-bond donors (Lipinski definition) is 1. The maximum atomic E-state index is 11.8. The molecule has 1 heterocycles. The summed E-state index contributed by atoms with van der Waals surface area (Å²) in [6.07, 6.45) is 3.95. The Balaban J connectivity index is 1.47. The Kier molecular flexibility index (Phi) is 3.87. The van der Waals surface area contributed by atoms with Crippen LogP contribution in [-0.4, -0.2) is 32.0 Å².